The van der Waals surface area contributed by atoms with Gasteiger partial charge in [0.25, 0.3) is 0 Å². The molecule has 0 bridgehead atoms. The Kier molecular flexibility index (Phi) is 7.88. The van der Waals surface area contributed by atoms with Crippen LogP contribution in [0.15, 0.2) is 42.5 Å². The molecule has 0 spiro atoms. The maximum absolute atomic E-state index is 13.9. The zero-order valence-corrected chi connectivity index (χ0v) is 17.6. The Balaban J connectivity index is 1.68. The van der Waals surface area contributed by atoms with Crippen LogP contribution < -0.4 is 5.32 Å². The molecule has 0 unspecified atom stereocenters. The molecule has 5 nitrogen and oxygen atoms in total. The average Bonchev–Trinajstić information content (AvgIpc) is 3.29. The molecule has 1 heterocycles. The smallest absolute Gasteiger partial charge is 0.422 e. The maximum Gasteiger partial charge on any atom is 0.422 e. The molecule has 0 aromatic heterocycles. The number of carbonyl (C=O) groups excluding carboxylic acids is 2. The summed E-state index contributed by atoms with van der Waals surface area (Å²) in [6.45, 7) is 1.01. The Morgan fingerprint density at radius 1 is 1.00 bits per heavy atom. The third-order valence-electron chi connectivity index (χ3n) is 5.33. The van der Waals surface area contributed by atoms with Gasteiger partial charge in [-0.05, 0) is 48.9 Å². The largest absolute Gasteiger partial charge is 0.445 e. The maximum atomic E-state index is 13.9. The number of benzene rings is 2. The number of halogens is 5. The molecule has 33 heavy (non-hydrogen) atoms. The lowest BCUT2D eigenvalue weighted by Crippen LogP contribution is -2.48. The van der Waals surface area contributed by atoms with Gasteiger partial charge in [0.15, 0.2) is 0 Å². The van der Waals surface area contributed by atoms with Gasteiger partial charge >= 0.3 is 12.3 Å². The highest BCUT2D eigenvalue weighted by molar-refractivity contribution is 5.85. The third kappa shape index (κ3) is 6.66. The minimum absolute atomic E-state index is 0.0212. The van der Waals surface area contributed by atoms with E-state index in [1.807, 2.05) is 0 Å². The molecule has 1 aliphatic heterocycles. The van der Waals surface area contributed by atoms with Crippen molar-refractivity contribution in [1.82, 2.24) is 10.2 Å². The van der Waals surface area contributed by atoms with E-state index in [0.29, 0.717) is 25.2 Å². The number of nitrogens with zero attached hydrogens (tertiary/aromatic N) is 1. The van der Waals surface area contributed by atoms with Crippen LogP contribution in [0.5, 0.6) is 0 Å². The van der Waals surface area contributed by atoms with E-state index in [1.165, 1.54) is 0 Å². The number of likely N-dealkylation sites (tertiary alicyclic amines) is 1. The Morgan fingerprint density at radius 3 is 2.18 bits per heavy atom. The molecular formula is C23H23F5N2O3. The van der Waals surface area contributed by atoms with Gasteiger partial charge in [-0.2, -0.15) is 13.2 Å². The summed E-state index contributed by atoms with van der Waals surface area (Å²) in [5, 5.41) is 2.48. The second kappa shape index (κ2) is 10.6. The van der Waals surface area contributed by atoms with Crippen molar-refractivity contribution in [1.29, 1.82) is 0 Å². The molecule has 178 valence electrons. The molecule has 1 N–H and O–H groups in total. The second-order valence-corrected chi connectivity index (χ2v) is 7.76. The molecule has 3 rings (SSSR count). The summed E-state index contributed by atoms with van der Waals surface area (Å²) >= 11 is 0. The zero-order chi connectivity index (χ0) is 24.0. The van der Waals surface area contributed by atoms with Gasteiger partial charge in [0, 0.05) is 13.1 Å². The minimum Gasteiger partial charge on any atom is -0.445 e. The van der Waals surface area contributed by atoms with Crippen LogP contribution in [0.25, 0.3) is 0 Å². The first kappa shape index (κ1) is 24.5. The number of ether oxygens (including phenoxy) is 1. The van der Waals surface area contributed by atoms with Gasteiger partial charge in [-0.25, -0.2) is 13.6 Å². The minimum atomic E-state index is -5.16. The summed E-state index contributed by atoms with van der Waals surface area (Å²) in [5.41, 5.74) is -1.28. The molecule has 0 radical (unpaired) electrons. The molecule has 2 amide bonds. The summed E-state index contributed by atoms with van der Waals surface area (Å²) < 4.78 is 71.3. The van der Waals surface area contributed by atoms with Gasteiger partial charge in [0.05, 0.1) is 0 Å². The van der Waals surface area contributed by atoms with Crippen molar-refractivity contribution in [2.75, 3.05) is 13.1 Å². The van der Waals surface area contributed by atoms with Crippen LogP contribution in [0.1, 0.15) is 36.0 Å². The first-order chi connectivity index (χ1) is 15.6. The lowest BCUT2D eigenvalue weighted by atomic mass is 10.0. The third-order valence-corrected chi connectivity index (χ3v) is 5.33. The monoisotopic (exact) mass is 470 g/mol. The molecular weight excluding hydrogens is 447 g/mol. The van der Waals surface area contributed by atoms with E-state index in [9.17, 15) is 31.5 Å². The molecule has 1 fully saturated rings. The number of rotatable bonds is 7. The lowest BCUT2D eigenvalue weighted by Gasteiger charge is -2.24. The normalized spacial score (nSPS) is 14.8. The van der Waals surface area contributed by atoms with Crippen LogP contribution in [0, 0.1) is 11.6 Å². The summed E-state index contributed by atoms with van der Waals surface area (Å²) in [7, 11) is 0. The van der Waals surface area contributed by atoms with E-state index in [2.05, 4.69) is 5.32 Å². The Bertz CT molecular complexity index is 953. The van der Waals surface area contributed by atoms with E-state index >= 15 is 0 Å². The number of nitrogens with one attached hydrogen (secondary N) is 1. The van der Waals surface area contributed by atoms with Crippen molar-refractivity contribution in [2.45, 2.75) is 44.5 Å². The fourth-order valence-electron chi connectivity index (χ4n) is 3.67. The highest BCUT2D eigenvalue weighted by Crippen LogP contribution is 2.34. The molecule has 0 aliphatic carbocycles. The molecule has 10 heteroatoms. The molecule has 1 saturated heterocycles. The topological polar surface area (TPSA) is 58.6 Å². The SMILES string of the molecule is O=C(N[C@@H](CCc1cc(F)c(C(F)(F)F)c(F)c1)C(=O)N1CCCC1)OCc1ccccc1. The summed E-state index contributed by atoms with van der Waals surface area (Å²) in [5.74, 6) is -3.83. The fourth-order valence-corrected chi connectivity index (χ4v) is 3.67. The summed E-state index contributed by atoms with van der Waals surface area (Å²) in [6, 6.07) is 9.01. The molecule has 1 aliphatic rings. The second-order valence-electron chi connectivity index (χ2n) is 7.76. The number of alkyl halides is 3. The zero-order valence-electron chi connectivity index (χ0n) is 17.6. The average molecular weight is 470 g/mol. The van der Waals surface area contributed by atoms with Gasteiger partial charge in [0.1, 0.15) is 29.8 Å². The van der Waals surface area contributed by atoms with E-state index in [4.69, 9.17) is 4.74 Å². The first-order valence-corrected chi connectivity index (χ1v) is 10.5. The van der Waals surface area contributed by atoms with Crippen LogP contribution in [0.3, 0.4) is 0 Å². The number of alkyl carbamates (subject to hydrolysis) is 1. The van der Waals surface area contributed by atoms with Crippen LogP contribution in [-0.4, -0.2) is 36.0 Å². The van der Waals surface area contributed by atoms with E-state index in [-0.39, 0.29) is 30.9 Å². The number of amides is 2. The van der Waals surface area contributed by atoms with Gasteiger partial charge < -0.3 is 15.0 Å². The van der Waals surface area contributed by atoms with Crippen molar-refractivity contribution in [3.05, 3.63) is 70.8 Å². The van der Waals surface area contributed by atoms with Crippen LogP contribution >= 0.6 is 0 Å². The number of carbonyl (C=O) groups is 2. The van der Waals surface area contributed by atoms with Gasteiger partial charge in [0.2, 0.25) is 5.91 Å². The van der Waals surface area contributed by atoms with Crippen LogP contribution in [0.2, 0.25) is 0 Å². The van der Waals surface area contributed by atoms with Gasteiger partial charge in [-0.15, -0.1) is 0 Å². The predicted molar refractivity (Wildman–Crippen MR) is 109 cm³/mol. The van der Waals surface area contributed by atoms with Crippen molar-refractivity contribution in [3.63, 3.8) is 0 Å². The fraction of sp³-hybridized carbons (Fsp3) is 0.391. The predicted octanol–water partition coefficient (Wildman–Crippen LogP) is 4.83. The van der Waals surface area contributed by atoms with Crippen molar-refractivity contribution in [2.24, 2.45) is 0 Å². The van der Waals surface area contributed by atoms with Gasteiger partial charge in [-0.3, -0.25) is 4.79 Å². The highest BCUT2D eigenvalue weighted by atomic mass is 19.4. The van der Waals surface area contributed by atoms with Crippen LogP contribution in [-0.2, 0) is 28.7 Å². The Hall–Kier alpha value is -3.17. The number of aryl methyl sites for hydroxylation is 1. The first-order valence-electron chi connectivity index (χ1n) is 10.5. The molecule has 0 saturated carbocycles. The molecule has 2 aromatic rings. The Morgan fingerprint density at radius 2 is 1.61 bits per heavy atom. The number of hydrogen-bond acceptors (Lipinski definition) is 3. The summed E-state index contributed by atoms with van der Waals surface area (Å²) in [6.07, 6.45) is -4.58. The molecule has 1 atom stereocenters. The van der Waals surface area contributed by atoms with Crippen molar-refractivity contribution < 1.29 is 36.3 Å². The molecule has 2 aromatic carbocycles. The lowest BCUT2D eigenvalue weighted by molar-refractivity contribution is -0.142. The number of hydrogen-bond donors (Lipinski definition) is 1. The van der Waals surface area contributed by atoms with Crippen LogP contribution in [0.4, 0.5) is 26.7 Å². The van der Waals surface area contributed by atoms with E-state index in [1.54, 1.807) is 35.2 Å². The quantitative estimate of drug-likeness (QED) is 0.590. The summed E-state index contributed by atoms with van der Waals surface area (Å²) in [4.78, 5) is 26.7. The van der Waals surface area contributed by atoms with Crippen molar-refractivity contribution >= 4 is 12.0 Å². The van der Waals surface area contributed by atoms with Crippen molar-refractivity contribution in [3.8, 4) is 0 Å². The highest BCUT2D eigenvalue weighted by Gasteiger charge is 2.38. The van der Waals surface area contributed by atoms with E-state index in [0.717, 1.165) is 18.4 Å². The Labute approximate surface area is 187 Å². The van der Waals surface area contributed by atoms with E-state index < -0.39 is 35.5 Å². The van der Waals surface area contributed by atoms with Gasteiger partial charge in [-0.1, -0.05) is 30.3 Å². The standard InChI is InChI=1S/C23H23F5N2O3/c24-17-12-16(13-18(25)20(17)23(26,27)28)8-9-19(21(31)30-10-4-5-11-30)29-22(32)33-14-15-6-2-1-3-7-15/h1-3,6-7,12-13,19H,4-5,8-11,14H2,(H,29,32)/t19-/m0/s1.